The highest BCUT2D eigenvalue weighted by Crippen LogP contribution is 2.34. The Labute approximate surface area is 148 Å². The van der Waals surface area contributed by atoms with Gasteiger partial charge in [0.25, 0.3) is 5.91 Å². The molecular weight excluding hydrogens is 336 g/mol. The van der Waals surface area contributed by atoms with Gasteiger partial charge in [-0.05, 0) is 13.3 Å². The van der Waals surface area contributed by atoms with E-state index in [9.17, 15) is 9.90 Å². The number of imidazole rings is 1. The van der Waals surface area contributed by atoms with Crippen LogP contribution in [0.15, 0.2) is 31.2 Å². The number of carbonyl (C=O) groups excluding carboxylic acids is 1. The summed E-state index contributed by atoms with van der Waals surface area (Å²) in [5, 5.41) is 11.0. The molecule has 1 saturated heterocycles. The molecule has 4 heterocycles. The average Bonchev–Trinajstić information content (AvgIpc) is 3.06. The lowest BCUT2D eigenvalue weighted by atomic mass is 9.88. The number of piperidine rings is 1. The van der Waals surface area contributed by atoms with Crippen LogP contribution in [-0.4, -0.2) is 64.1 Å². The fourth-order valence-corrected chi connectivity index (χ4v) is 3.44. The third-order valence-corrected chi connectivity index (χ3v) is 4.69. The summed E-state index contributed by atoms with van der Waals surface area (Å²) in [6.45, 7) is 2.33. The van der Waals surface area contributed by atoms with Crippen LogP contribution in [0.4, 0.5) is 5.82 Å². The Kier molecular flexibility index (Phi) is 3.76. The van der Waals surface area contributed by atoms with Crippen LogP contribution in [0.2, 0.25) is 0 Å². The molecule has 3 aromatic heterocycles. The van der Waals surface area contributed by atoms with Crippen molar-refractivity contribution in [2.75, 3.05) is 18.8 Å². The van der Waals surface area contributed by atoms with E-state index in [1.54, 1.807) is 22.7 Å². The number of nitrogens with two attached hydrogens (primary N) is 1. The predicted octanol–water partition coefficient (Wildman–Crippen LogP) is 0.0367. The Morgan fingerprint density at radius 1 is 1.31 bits per heavy atom. The largest absolute Gasteiger partial charge is 0.386 e. The number of likely N-dealkylation sites (tertiary alicyclic amines) is 1. The van der Waals surface area contributed by atoms with Gasteiger partial charge in [0, 0.05) is 18.9 Å². The van der Waals surface area contributed by atoms with E-state index >= 15 is 0 Å². The van der Waals surface area contributed by atoms with E-state index in [0.717, 1.165) is 0 Å². The number of nitrogen functional groups attached to an aromatic ring is 1. The fraction of sp³-hybridized carbons (Fsp3) is 0.375. The topological polar surface area (TPSA) is 136 Å². The predicted molar refractivity (Wildman–Crippen MR) is 91.9 cm³/mol. The summed E-state index contributed by atoms with van der Waals surface area (Å²) in [6.07, 6.45) is 7.92. The van der Waals surface area contributed by atoms with Crippen molar-refractivity contribution in [3.8, 4) is 0 Å². The van der Waals surface area contributed by atoms with Gasteiger partial charge < -0.3 is 20.3 Å². The number of β-amino-alcohol motifs (C(OH)–C–C–N with tert-alkyl or cyclic N) is 1. The second kappa shape index (κ2) is 5.99. The van der Waals surface area contributed by atoms with Crippen LogP contribution < -0.4 is 5.73 Å². The minimum Gasteiger partial charge on any atom is -0.386 e. The molecule has 0 spiro atoms. The van der Waals surface area contributed by atoms with Crippen LogP contribution in [0, 0.1) is 0 Å². The molecule has 0 aromatic carbocycles. The molecule has 4 rings (SSSR count). The molecule has 0 unspecified atom stereocenters. The van der Waals surface area contributed by atoms with Crippen LogP contribution in [0.3, 0.4) is 0 Å². The van der Waals surface area contributed by atoms with E-state index < -0.39 is 5.60 Å². The summed E-state index contributed by atoms with van der Waals surface area (Å²) in [5.74, 6) is 0.0440. The van der Waals surface area contributed by atoms with Crippen LogP contribution in [0.5, 0.6) is 0 Å². The summed E-state index contributed by atoms with van der Waals surface area (Å²) in [7, 11) is 0. The van der Waals surface area contributed by atoms with Gasteiger partial charge in [0.15, 0.2) is 11.5 Å². The maximum absolute atomic E-state index is 12.6. The lowest BCUT2D eigenvalue weighted by Crippen LogP contribution is -2.54. The molecule has 10 heteroatoms. The zero-order valence-corrected chi connectivity index (χ0v) is 14.1. The number of aliphatic hydroxyl groups is 1. The molecule has 0 radical (unpaired) electrons. The summed E-state index contributed by atoms with van der Waals surface area (Å²) in [6, 6.07) is -0.298. The first-order chi connectivity index (χ1) is 12.5. The molecule has 134 valence electrons. The standard InChI is InChI=1S/C16H18N8O2/c1-16(26)7-23(15(25)10-6-18-3-4-19-10)5-2-11(16)24-9-22-12-13(17)20-8-21-14(12)24/h3-4,6,8-9,11,26H,2,5,7H2,1H3,(H2,17,20,21)/t11-,16-/m1/s1. The van der Waals surface area contributed by atoms with E-state index in [1.807, 2.05) is 0 Å². The van der Waals surface area contributed by atoms with Crippen molar-refractivity contribution in [1.82, 2.24) is 34.4 Å². The fourth-order valence-electron chi connectivity index (χ4n) is 3.44. The van der Waals surface area contributed by atoms with Gasteiger partial charge in [-0.2, -0.15) is 0 Å². The van der Waals surface area contributed by atoms with E-state index in [2.05, 4.69) is 24.9 Å². The third-order valence-electron chi connectivity index (χ3n) is 4.69. The van der Waals surface area contributed by atoms with Crippen LogP contribution in [0.1, 0.15) is 29.9 Å². The van der Waals surface area contributed by atoms with E-state index in [-0.39, 0.29) is 24.2 Å². The Bertz CT molecular complexity index is 955. The minimum absolute atomic E-state index is 0.160. The Balaban J connectivity index is 1.61. The number of anilines is 1. The van der Waals surface area contributed by atoms with Gasteiger partial charge in [0.05, 0.1) is 25.1 Å². The van der Waals surface area contributed by atoms with Gasteiger partial charge in [-0.1, -0.05) is 0 Å². The highest BCUT2D eigenvalue weighted by molar-refractivity contribution is 5.92. The highest BCUT2D eigenvalue weighted by Gasteiger charge is 2.41. The maximum Gasteiger partial charge on any atom is 0.274 e. The monoisotopic (exact) mass is 354 g/mol. The lowest BCUT2D eigenvalue weighted by Gasteiger charge is -2.43. The molecule has 3 aromatic rings. The molecule has 0 bridgehead atoms. The lowest BCUT2D eigenvalue weighted by molar-refractivity contribution is -0.0481. The van der Waals surface area contributed by atoms with E-state index in [1.165, 1.54) is 24.9 Å². The highest BCUT2D eigenvalue weighted by atomic mass is 16.3. The zero-order chi connectivity index (χ0) is 18.3. The van der Waals surface area contributed by atoms with Gasteiger partial charge >= 0.3 is 0 Å². The Hall–Kier alpha value is -3.14. The molecule has 26 heavy (non-hydrogen) atoms. The minimum atomic E-state index is -1.18. The number of nitrogens with zero attached hydrogens (tertiary/aromatic N) is 7. The summed E-state index contributed by atoms with van der Waals surface area (Å²) in [5.41, 5.74) is 5.99. The summed E-state index contributed by atoms with van der Waals surface area (Å²) >= 11 is 0. The van der Waals surface area contributed by atoms with Crippen molar-refractivity contribution in [2.45, 2.75) is 25.0 Å². The first-order valence-electron chi connectivity index (χ1n) is 8.18. The van der Waals surface area contributed by atoms with Crippen molar-refractivity contribution in [3.63, 3.8) is 0 Å². The Morgan fingerprint density at radius 3 is 2.88 bits per heavy atom. The number of hydrogen-bond donors (Lipinski definition) is 2. The first kappa shape index (κ1) is 16.3. The SMILES string of the molecule is C[C@@]1(O)CN(C(=O)c2cnccn2)CC[C@H]1n1cnc2c(N)ncnc21. The molecule has 0 aliphatic carbocycles. The normalized spacial score (nSPS) is 23.3. The smallest absolute Gasteiger partial charge is 0.274 e. The van der Waals surface area contributed by atoms with Gasteiger partial charge in [-0.25, -0.2) is 19.9 Å². The second-order valence-electron chi connectivity index (χ2n) is 6.56. The number of aromatic nitrogens is 6. The zero-order valence-electron chi connectivity index (χ0n) is 14.1. The van der Waals surface area contributed by atoms with Crippen molar-refractivity contribution >= 4 is 22.9 Å². The van der Waals surface area contributed by atoms with E-state index in [0.29, 0.717) is 29.9 Å². The summed E-state index contributed by atoms with van der Waals surface area (Å²) < 4.78 is 1.80. The molecular formula is C16H18N8O2. The molecule has 1 aliphatic heterocycles. The van der Waals surface area contributed by atoms with Crippen LogP contribution in [-0.2, 0) is 0 Å². The average molecular weight is 354 g/mol. The summed E-state index contributed by atoms with van der Waals surface area (Å²) in [4.78, 5) is 34.6. The molecule has 1 amide bonds. The molecule has 2 atom stereocenters. The maximum atomic E-state index is 12.6. The molecule has 1 fully saturated rings. The van der Waals surface area contributed by atoms with Gasteiger partial charge in [0.1, 0.15) is 23.1 Å². The number of amides is 1. The molecule has 3 N–H and O–H groups in total. The second-order valence-corrected chi connectivity index (χ2v) is 6.56. The van der Waals surface area contributed by atoms with Gasteiger partial charge in [-0.3, -0.25) is 9.78 Å². The third kappa shape index (κ3) is 2.64. The number of carbonyl (C=O) groups is 1. The van der Waals surface area contributed by atoms with E-state index in [4.69, 9.17) is 5.73 Å². The molecule has 1 aliphatic rings. The Morgan fingerprint density at radius 2 is 2.15 bits per heavy atom. The quantitative estimate of drug-likeness (QED) is 0.658. The first-order valence-corrected chi connectivity index (χ1v) is 8.18. The number of rotatable bonds is 2. The number of hydrogen-bond acceptors (Lipinski definition) is 8. The van der Waals surface area contributed by atoms with Gasteiger partial charge in [0.2, 0.25) is 0 Å². The van der Waals surface area contributed by atoms with Gasteiger partial charge in [-0.15, -0.1) is 0 Å². The number of fused-ring (bicyclic) bond motifs is 1. The molecule has 0 saturated carbocycles. The van der Waals surface area contributed by atoms with Crippen molar-refractivity contribution in [2.24, 2.45) is 0 Å². The van der Waals surface area contributed by atoms with Crippen molar-refractivity contribution in [3.05, 3.63) is 36.9 Å². The van der Waals surface area contributed by atoms with Crippen molar-refractivity contribution in [1.29, 1.82) is 0 Å². The van der Waals surface area contributed by atoms with Crippen LogP contribution >= 0.6 is 0 Å². The van der Waals surface area contributed by atoms with Crippen molar-refractivity contribution < 1.29 is 9.90 Å². The molecule has 10 nitrogen and oxygen atoms in total. The van der Waals surface area contributed by atoms with Crippen LogP contribution in [0.25, 0.3) is 11.2 Å².